The first-order valence-corrected chi connectivity index (χ1v) is 5.13. The fraction of sp³-hybridized carbons (Fsp3) is 1.00. The lowest BCUT2D eigenvalue weighted by molar-refractivity contribution is -0.0885. The first-order chi connectivity index (χ1) is 5.72. The van der Waals surface area contributed by atoms with Crippen molar-refractivity contribution in [2.24, 2.45) is 16.7 Å². The minimum Gasteiger partial charge on any atom is -0.393 e. The van der Waals surface area contributed by atoms with Gasteiger partial charge in [-0.2, -0.15) is 0 Å². The highest BCUT2D eigenvalue weighted by molar-refractivity contribution is 5.19. The zero-order valence-corrected chi connectivity index (χ0v) is 8.96. The van der Waals surface area contributed by atoms with Crippen LogP contribution in [0.5, 0.6) is 0 Å². The molecule has 2 bridgehead atoms. The first kappa shape index (κ1) is 9.47. The van der Waals surface area contributed by atoms with Crippen molar-refractivity contribution in [1.82, 2.24) is 0 Å². The maximum Gasteiger partial charge on any atom is 0.0683 e. The molecule has 2 aliphatic carbocycles. The number of aliphatic hydroxyl groups excluding tert-OH is 1. The molecule has 0 radical (unpaired) electrons. The lowest BCUT2D eigenvalue weighted by atomic mass is 9.65. The number of hydrogen-bond acceptors (Lipinski definition) is 2. The summed E-state index contributed by atoms with van der Waals surface area (Å²) in [5, 5.41) is 20.1. The molecule has 0 aromatic carbocycles. The van der Waals surface area contributed by atoms with E-state index in [0.29, 0.717) is 0 Å². The van der Waals surface area contributed by atoms with Crippen LogP contribution in [0.2, 0.25) is 0 Å². The highest BCUT2D eigenvalue weighted by Gasteiger charge is 2.69. The van der Waals surface area contributed by atoms with Gasteiger partial charge in [0.1, 0.15) is 0 Å². The van der Waals surface area contributed by atoms with Crippen molar-refractivity contribution < 1.29 is 10.2 Å². The highest BCUT2D eigenvalue weighted by atomic mass is 16.3. The molecule has 2 fully saturated rings. The van der Waals surface area contributed by atoms with Crippen LogP contribution in [0, 0.1) is 16.7 Å². The van der Waals surface area contributed by atoms with Crippen LogP contribution in [-0.2, 0) is 0 Å². The molecule has 2 rings (SSSR count). The molecule has 2 saturated carbocycles. The van der Waals surface area contributed by atoms with Gasteiger partial charge in [0.25, 0.3) is 0 Å². The molecule has 0 spiro atoms. The SMILES string of the molecule is CC1(C)[C@H]2C[C@](C)(O)[C@@]1(C)C[C@@H]2O. The Bertz CT molecular complexity index is 244. The minimum absolute atomic E-state index is 0.0654. The second-order valence-electron chi connectivity index (χ2n) is 5.91. The lowest BCUT2D eigenvalue weighted by Gasteiger charge is -2.43. The van der Waals surface area contributed by atoms with Crippen molar-refractivity contribution >= 4 is 0 Å². The second-order valence-corrected chi connectivity index (χ2v) is 5.91. The van der Waals surface area contributed by atoms with Gasteiger partial charge in [0, 0.05) is 5.41 Å². The molecule has 76 valence electrons. The standard InChI is InChI=1S/C11H20O2/c1-9(2)7-5-11(4,13)10(9,3)6-8(7)12/h7-8,12-13H,5-6H2,1-4H3/t7-,8-,10-,11-/m0/s1. The van der Waals surface area contributed by atoms with Gasteiger partial charge in [-0.25, -0.2) is 0 Å². The molecule has 13 heavy (non-hydrogen) atoms. The van der Waals surface area contributed by atoms with E-state index in [9.17, 15) is 10.2 Å². The Kier molecular flexibility index (Phi) is 1.54. The molecule has 0 amide bonds. The Morgan fingerprint density at radius 3 is 1.85 bits per heavy atom. The van der Waals surface area contributed by atoms with Gasteiger partial charge in [-0.15, -0.1) is 0 Å². The molecule has 0 saturated heterocycles. The van der Waals surface area contributed by atoms with Crippen molar-refractivity contribution in [3.05, 3.63) is 0 Å². The number of rotatable bonds is 0. The van der Waals surface area contributed by atoms with Crippen molar-refractivity contribution in [3.8, 4) is 0 Å². The van der Waals surface area contributed by atoms with Gasteiger partial charge in [-0.3, -0.25) is 0 Å². The van der Waals surface area contributed by atoms with Crippen LogP contribution >= 0.6 is 0 Å². The summed E-state index contributed by atoms with van der Waals surface area (Å²) >= 11 is 0. The first-order valence-electron chi connectivity index (χ1n) is 5.13. The van der Waals surface area contributed by atoms with Crippen LogP contribution in [0.25, 0.3) is 0 Å². The third-order valence-electron chi connectivity index (χ3n) is 5.24. The normalized spacial score (nSPS) is 58.6. The Hall–Kier alpha value is -0.0800. The largest absolute Gasteiger partial charge is 0.393 e. The number of aliphatic hydroxyl groups is 2. The molecule has 0 aromatic rings. The van der Waals surface area contributed by atoms with Gasteiger partial charge in [-0.1, -0.05) is 20.8 Å². The molecule has 2 N–H and O–H groups in total. The third kappa shape index (κ3) is 0.816. The Balaban J connectivity index is 2.48. The van der Waals surface area contributed by atoms with Crippen LogP contribution < -0.4 is 0 Å². The van der Waals surface area contributed by atoms with Gasteiger partial charge >= 0.3 is 0 Å². The van der Waals surface area contributed by atoms with Crippen LogP contribution in [0.15, 0.2) is 0 Å². The van der Waals surface area contributed by atoms with E-state index in [0.717, 1.165) is 12.8 Å². The quantitative estimate of drug-likeness (QED) is 0.599. The number of fused-ring (bicyclic) bond motifs is 2. The topological polar surface area (TPSA) is 40.5 Å². The van der Waals surface area contributed by atoms with Gasteiger partial charge in [0.05, 0.1) is 11.7 Å². The molecule has 0 aromatic heterocycles. The maximum atomic E-state index is 10.3. The summed E-state index contributed by atoms with van der Waals surface area (Å²) in [6, 6.07) is 0. The van der Waals surface area contributed by atoms with Crippen LogP contribution in [-0.4, -0.2) is 21.9 Å². The van der Waals surface area contributed by atoms with Crippen LogP contribution in [0.4, 0.5) is 0 Å². The van der Waals surface area contributed by atoms with Gasteiger partial charge < -0.3 is 10.2 Å². The van der Waals surface area contributed by atoms with Crippen molar-refractivity contribution in [2.75, 3.05) is 0 Å². The summed E-state index contributed by atoms with van der Waals surface area (Å²) in [5.41, 5.74) is -0.652. The average Bonchev–Trinajstić information content (AvgIpc) is 2.17. The molecule has 2 nitrogen and oxygen atoms in total. The zero-order chi connectivity index (χ0) is 10.1. The summed E-state index contributed by atoms with van der Waals surface area (Å²) in [6.45, 7) is 8.38. The second kappa shape index (κ2) is 2.12. The summed E-state index contributed by atoms with van der Waals surface area (Å²) < 4.78 is 0. The third-order valence-corrected chi connectivity index (χ3v) is 5.24. The van der Waals surface area contributed by atoms with E-state index in [-0.39, 0.29) is 22.9 Å². The van der Waals surface area contributed by atoms with Gasteiger partial charge in [0.2, 0.25) is 0 Å². The highest BCUT2D eigenvalue weighted by Crippen LogP contribution is 2.69. The molecule has 0 heterocycles. The van der Waals surface area contributed by atoms with Crippen LogP contribution in [0.3, 0.4) is 0 Å². The van der Waals surface area contributed by atoms with E-state index in [1.165, 1.54) is 0 Å². The predicted octanol–water partition coefficient (Wildman–Crippen LogP) is 1.55. The van der Waals surface area contributed by atoms with Gasteiger partial charge in [0.15, 0.2) is 0 Å². The monoisotopic (exact) mass is 184 g/mol. The molecular formula is C11H20O2. The fourth-order valence-electron chi connectivity index (χ4n) is 3.67. The van der Waals surface area contributed by atoms with Crippen LogP contribution in [0.1, 0.15) is 40.5 Å². The predicted molar refractivity (Wildman–Crippen MR) is 51.2 cm³/mol. The molecule has 2 heteroatoms. The Morgan fingerprint density at radius 1 is 1.08 bits per heavy atom. The fourth-order valence-corrected chi connectivity index (χ4v) is 3.67. The molecular weight excluding hydrogens is 164 g/mol. The lowest BCUT2D eigenvalue weighted by Crippen LogP contribution is -2.45. The molecule has 0 unspecified atom stereocenters. The summed E-state index contributed by atoms with van der Waals surface area (Å²) in [6.07, 6.45) is 1.29. The molecule has 2 aliphatic rings. The Labute approximate surface area is 80.0 Å². The van der Waals surface area contributed by atoms with E-state index in [4.69, 9.17) is 0 Å². The van der Waals surface area contributed by atoms with Crippen molar-refractivity contribution in [2.45, 2.75) is 52.2 Å². The maximum absolute atomic E-state index is 10.3. The van der Waals surface area contributed by atoms with E-state index in [2.05, 4.69) is 20.8 Å². The molecule has 0 aliphatic heterocycles. The number of hydrogen-bond donors (Lipinski definition) is 2. The van der Waals surface area contributed by atoms with Crippen molar-refractivity contribution in [1.29, 1.82) is 0 Å². The summed E-state index contributed by atoms with van der Waals surface area (Å²) in [4.78, 5) is 0. The van der Waals surface area contributed by atoms with E-state index in [1.807, 2.05) is 6.92 Å². The minimum atomic E-state index is -0.597. The van der Waals surface area contributed by atoms with E-state index >= 15 is 0 Å². The zero-order valence-electron chi connectivity index (χ0n) is 8.96. The van der Waals surface area contributed by atoms with Gasteiger partial charge in [-0.05, 0) is 31.1 Å². The van der Waals surface area contributed by atoms with E-state index in [1.54, 1.807) is 0 Å². The molecule has 4 atom stereocenters. The summed E-state index contributed by atoms with van der Waals surface area (Å²) in [5.74, 6) is 0.271. The average molecular weight is 184 g/mol. The summed E-state index contributed by atoms with van der Waals surface area (Å²) in [7, 11) is 0. The van der Waals surface area contributed by atoms with E-state index < -0.39 is 5.60 Å². The smallest absolute Gasteiger partial charge is 0.0683 e. The Morgan fingerprint density at radius 2 is 1.62 bits per heavy atom. The van der Waals surface area contributed by atoms with Crippen molar-refractivity contribution in [3.63, 3.8) is 0 Å².